The number of aryl methyl sites for hydroxylation is 1. The van der Waals surface area contributed by atoms with Gasteiger partial charge in [-0.2, -0.15) is 0 Å². The standard InChI is InChI=1S/C28H35N3O3/c1-18-7-6-10-24-25(18)27-26(19-8-4-3-5-9-19)22-12-11-20(28(32)33)15-23(22)31(27)16-21(17-34-24)30(2)14-13-29/h6-7,10-12,15,19,21H,3-5,8-9,13-14,16-17,29H2,1-2H3,(H,32,33)/t21-/m1/s1. The predicted molar refractivity (Wildman–Crippen MR) is 136 cm³/mol. The first-order valence-electron chi connectivity index (χ1n) is 12.5. The van der Waals surface area contributed by atoms with Gasteiger partial charge in [-0.15, -0.1) is 0 Å². The molecule has 1 aliphatic heterocycles. The molecule has 1 aromatic heterocycles. The van der Waals surface area contributed by atoms with Crippen LogP contribution in [0.4, 0.5) is 0 Å². The molecule has 0 bridgehead atoms. The van der Waals surface area contributed by atoms with Crippen LogP contribution in [0.3, 0.4) is 0 Å². The van der Waals surface area contributed by atoms with E-state index in [0.29, 0.717) is 24.6 Å². The summed E-state index contributed by atoms with van der Waals surface area (Å²) < 4.78 is 8.84. The second-order valence-electron chi connectivity index (χ2n) is 9.93. The van der Waals surface area contributed by atoms with Crippen molar-refractivity contribution in [3.63, 3.8) is 0 Å². The molecule has 1 aliphatic carbocycles. The molecule has 3 aromatic rings. The minimum atomic E-state index is -0.890. The summed E-state index contributed by atoms with van der Waals surface area (Å²) in [4.78, 5) is 14.2. The summed E-state index contributed by atoms with van der Waals surface area (Å²) >= 11 is 0. The molecule has 0 unspecified atom stereocenters. The Bertz CT molecular complexity index is 1210. The van der Waals surface area contributed by atoms with E-state index in [-0.39, 0.29) is 6.04 Å². The molecule has 5 rings (SSSR count). The van der Waals surface area contributed by atoms with Gasteiger partial charge in [-0.3, -0.25) is 4.90 Å². The van der Waals surface area contributed by atoms with Crippen LogP contribution in [0, 0.1) is 6.92 Å². The maximum Gasteiger partial charge on any atom is 0.335 e. The number of aromatic nitrogens is 1. The number of aromatic carboxylic acids is 1. The molecule has 2 aliphatic rings. The molecular formula is C28H35N3O3. The summed E-state index contributed by atoms with van der Waals surface area (Å²) in [5.74, 6) is 0.486. The average molecular weight is 462 g/mol. The van der Waals surface area contributed by atoms with E-state index in [9.17, 15) is 9.90 Å². The monoisotopic (exact) mass is 461 g/mol. The third-order valence-electron chi connectivity index (χ3n) is 7.77. The third-order valence-corrected chi connectivity index (χ3v) is 7.77. The normalized spacial score (nSPS) is 18.8. The van der Waals surface area contributed by atoms with Crippen molar-refractivity contribution in [1.29, 1.82) is 0 Å². The van der Waals surface area contributed by atoms with Crippen molar-refractivity contribution in [3.8, 4) is 17.0 Å². The van der Waals surface area contributed by atoms with Crippen molar-refractivity contribution < 1.29 is 14.6 Å². The lowest BCUT2D eigenvalue weighted by Crippen LogP contribution is -2.43. The van der Waals surface area contributed by atoms with Crippen molar-refractivity contribution in [2.45, 2.75) is 57.5 Å². The molecule has 0 spiro atoms. The van der Waals surface area contributed by atoms with Gasteiger partial charge < -0.3 is 20.1 Å². The first-order chi connectivity index (χ1) is 16.5. The lowest BCUT2D eigenvalue weighted by atomic mass is 9.81. The number of nitrogens with two attached hydrogens (primary N) is 1. The van der Waals surface area contributed by atoms with Crippen molar-refractivity contribution in [2.75, 3.05) is 26.7 Å². The Hall–Kier alpha value is -2.83. The lowest BCUT2D eigenvalue weighted by molar-refractivity contribution is 0.0697. The maximum absolute atomic E-state index is 11.9. The molecule has 6 nitrogen and oxygen atoms in total. The number of likely N-dealkylation sites (N-methyl/N-ethyl adjacent to an activating group) is 1. The van der Waals surface area contributed by atoms with E-state index in [1.807, 2.05) is 12.1 Å². The number of benzene rings is 2. The van der Waals surface area contributed by atoms with Gasteiger partial charge in [-0.05, 0) is 62.1 Å². The van der Waals surface area contributed by atoms with Crippen LogP contribution in [0.2, 0.25) is 0 Å². The maximum atomic E-state index is 11.9. The van der Waals surface area contributed by atoms with E-state index in [0.717, 1.165) is 29.9 Å². The highest BCUT2D eigenvalue weighted by atomic mass is 16.5. The lowest BCUT2D eigenvalue weighted by Gasteiger charge is -2.33. The molecule has 1 atom stereocenters. The van der Waals surface area contributed by atoms with Gasteiger partial charge in [0.1, 0.15) is 12.4 Å². The van der Waals surface area contributed by atoms with Gasteiger partial charge in [-0.1, -0.05) is 37.5 Å². The fourth-order valence-corrected chi connectivity index (χ4v) is 5.94. The van der Waals surface area contributed by atoms with Gasteiger partial charge in [-0.25, -0.2) is 4.79 Å². The van der Waals surface area contributed by atoms with Crippen molar-refractivity contribution >= 4 is 16.9 Å². The number of carboxylic acids is 1. The number of hydrogen-bond donors (Lipinski definition) is 2. The summed E-state index contributed by atoms with van der Waals surface area (Å²) in [6.45, 7) is 4.80. The van der Waals surface area contributed by atoms with Gasteiger partial charge in [0.05, 0.1) is 17.3 Å². The van der Waals surface area contributed by atoms with E-state index in [2.05, 4.69) is 41.6 Å². The summed E-state index contributed by atoms with van der Waals surface area (Å²) in [5, 5.41) is 10.9. The van der Waals surface area contributed by atoms with Crippen molar-refractivity contribution in [3.05, 3.63) is 53.1 Å². The molecule has 6 heteroatoms. The highest BCUT2D eigenvalue weighted by Crippen LogP contribution is 2.48. The Labute approximate surface area is 201 Å². The third kappa shape index (κ3) is 3.99. The van der Waals surface area contributed by atoms with Crippen LogP contribution in [0.15, 0.2) is 36.4 Å². The number of nitrogens with zero attached hydrogens (tertiary/aromatic N) is 2. The van der Waals surface area contributed by atoms with Crippen LogP contribution in [0.25, 0.3) is 22.2 Å². The Morgan fingerprint density at radius 3 is 2.74 bits per heavy atom. The Morgan fingerprint density at radius 1 is 1.21 bits per heavy atom. The highest BCUT2D eigenvalue weighted by Gasteiger charge is 2.32. The van der Waals surface area contributed by atoms with E-state index in [1.54, 1.807) is 6.07 Å². The topological polar surface area (TPSA) is 80.7 Å². The molecule has 2 aromatic carbocycles. The molecular weight excluding hydrogens is 426 g/mol. The number of rotatable bonds is 5. The number of ether oxygens (including phenoxy) is 1. The number of hydrogen-bond acceptors (Lipinski definition) is 4. The molecule has 34 heavy (non-hydrogen) atoms. The molecule has 3 N–H and O–H groups in total. The van der Waals surface area contributed by atoms with Gasteiger partial charge in [0.15, 0.2) is 0 Å². The van der Waals surface area contributed by atoms with Crippen LogP contribution in [-0.4, -0.2) is 53.3 Å². The molecule has 1 saturated carbocycles. The minimum Gasteiger partial charge on any atom is -0.491 e. The van der Waals surface area contributed by atoms with Crippen LogP contribution >= 0.6 is 0 Å². The van der Waals surface area contributed by atoms with Crippen LogP contribution in [-0.2, 0) is 6.54 Å². The summed E-state index contributed by atoms with van der Waals surface area (Å²) in [5.41, 5.74) is 12.1. The second-order valence-corrected chi connectivity index (χ2v) is 9.93. The Morgan fingerprint density at radius 2 is 2.00 bits per heavy atom. The van der Waals surface area contributed by atoms with E-state index in [4.69, 9.17) is 10.5 Å². The molecule has 2 heterocycles. The van der Waals surface area contributed by atoms with Crippen LogP contribution < -0.4 is 10.5 Å². The smallest absolute Gasteiger partial charge is 0.335 e. The molecule has 180 valence electrons. The van der Waals surface area contributed by atoms with Gasteiger partial charge >= 0.3 is 5.97 Å². The van der Waals surface area contributed by atoms with Crippen molar-refractivity contribution in [1.82, 2.24) is 9.47 Å². The Kier molecular flexibility index (Phi) is 6.36. The fourth-order valence-electron chi connectivity index (χ4n) is 5.94. The first-order valence-corrected chi connectivity index (χ1v) is 12.5. The number of carboxylic acid groups (broad SMARTS) is 1. The highest BCUT2D eigenvalue weighted by molar-refractivity contribution is 5.99. The van der Waals surface area contributed by atoms with E-state index in [1.165, 1.54) is 54.3 Å². The number of fused-ring (bicyclic) bond motifs is 5. The van der Waals surface area contributed by atoms with E-state index < -0.39 is 5.97 Å². The quantitative estimate of drug-likeness (QED) is 0.558. The van der Waals surface area contributed by atoms with Crippen LogP contribution in [0.1, 0.15) is 59.5 Å². The first kappa shape index (κ1) is 22.9. The fraction of sp³-hybridized carbons (Fsp3) is 0.464. The summed E-state index contributed by atoms with van der Waals surface area (Å²) in [7, 11) is 2.09. The average Bonchev–Trinajstić information content (AvgIpc) is 3.13. The SMILES string of the molecule is Cc1cccc2c1-c1c(C3CCCCC3)c3ccc(C(=O)O)cc3n1C[C@@H](N(C)CCN)CO2. The second kappa shape index (κ2) is 9.43. The van der Waals surface area contributed by atoms with Gasteiger partial charge in [0.25, 0.3) is 0 Å². The zero-order valence-corrected chi connectivity index (χ0v) is 20.2. The summed E-state index contributed by atoms with van der Waals surface area (Å²) in [6, 6.07) is 12.1. The van der Waals surface area contributed by atoms with Crippen LogP contribution in [0.5, 0.6) is 5.75 Å². The molecule has 0 amide bonds. The van der Waals surface area contributed by atoms with Gasteiger partial charge in [0, 0.05) is 36.1 Å². The van der Waals surface area contributed by atoms with Gasteiger partial charge in [0.2, 0.25) is 0 Å². The predicted octanol–water partition coefficient (Wildman–Crippen LogP) is 5.01. The summed E-state index contributed by atoms with van der Waals surface area (Å²) in [6.07, 6.45) is 6.11. The zero-order valence-electron chi connectivity index (χ0n) is 20.2. The molecule has 0 saturated heterocycles. The molecule has 1 fully saturated rings. The Balaban J connectivity index is 1.82. The zero-order chi connectivity index (χ0) is 23.8. The minimum absolute atomic E-state index is 0.124. The molecule has 0 radical (unpaired) electrons. The largest absolute Gasteiger partial charge is 0.491 e. The number of carbonyl (C=O) groups is 1. The van der Waals surface area contributed by atoms with E-state index >= 15 is 0 Å². The van der Waals surface area contributed by atoms with Crippen molar-refractivity contribution in [2.24, 2.45) is 5.73 Å².